The summed E-state index contributed by atoms with van der Waals surface area (Å²) >= 11 is 0. The zero-order chi connectivity index (χ0) is 11.4. The second-order valence-electron chi connectivity index (χ2n) is 3.36. The van der Waals surface area contributed by atoms with Crippen LogP contribution in [0.1, 0.15) is 6.92 Å². The van der Waals surface area contributed by atoms with Crippen LogP contribution >= 0.6 is 0 Å². The highest BCUT2D eigenvalue weighted by Crippen LogP contribution is 2.21. The smallest absolute Gasteiger partial charge is 0.203 e. The van der Waals surface area contributed by atoms with Gasteiger partial charge in [0.2, 0.25) is 5.82 Å². The van der Waals surface area contributed by atoms with Gasteiger partial charge in [-0.3, -0.25) is 4.79 Å². The Bertz CT molecular complexity index is 545. The van der Waals surface area contributed by atoms with Gasteiger partial charge in [0.25, 0.3) is 0 Å². The Kier molecular flexibility index (Phi) is 2.95. The third-order valence-electron chi connectivity index (χ3n) is 2.01. The van der Waals surface area contributed by atoms with Crippen molar-refractivity contribution < 1.29 is 4.79 Å². The van der Waals surface area contributed by atoms with Crippen LogP contribution in [0.3, 0.4) is 0 Å². The summed E-state index contributed by atoms with van der Waals surface area (Å²) < 4.78 is 0. The molecule has 0 aliphatic rings. The van der Waals surface area contributed by atoms with E-state index in [4.69, 9.17) is 0 Å². The van der Waals surface area contributed by atoms with E-state index < -0.39 is 0 Å². The van der Waals surface area contributed by atoms with E-state index in [2.05, 4.69) is 20.4 Å². The van der Waals surface area contributed by atoms with Crippen molar-refractivity contribution in [1.29, 1.82) is 0 Å². The second-order valence-corrected chi connectivity index (χ2v) is 3.36. The molecular weight excluding hydrogens is 204 g/mol. The van der Waals surface area contributed by atoms with Crippen LogP contribution in [0.15, 0.2) is 40.7 Å². The van der Waals surface area contributed by atoms with Crippen molar-refractivity contribution in [2.45, 2.75) is 6.92 Å². The number of nitrogens with zero attached hydrogens (tertiary/aromatic N) is 4. The van der Waals surface area contributed by atoms with E-state index >= 15 is 0 Å². The average Bonchev–Trinajstić information content (AvgIpc) is 2.29. The Balaban J connectivity index is 2.37. The van der Waals surface area contributed by atoms with Crippen LogP contribution in [-0.2, 0) is 4.79 Å². The van der Waals surface area contributed by atoms with Crippen LogP contribution in [0, 0.1) is 0 Å². The standard InChI is InChI=1S/C11H10N4O/c1-8(16)6-12-14-11-10-5-3-2-4-9(10)7-13-15-11/h2-5,7H,6H2,1H3. The first-order chi connectivity index (χ1) is 7.77. The van der Waals surface area contributed by atoms with E-state index in [1.165, 1.54) is 6.92 Å². The van der Waals surface area contributed by atoms with E-state index in [-0.39, 0.29) is 12.3 Å². The number of aromatic nitrogens is 2. The summed E-state index contributed by atoms with van der Waals surface area (Å²) in [5, 5.41) is 17.2. The first kappa shape index (κ1) is 10.4. The molecule has 0 atom stereocenters. The number of ketones is 1. The Hall–Kier alpha value is -2.17. The topological polar surface area (TPSA) is 67.6 Å². The van der Waals surface area contributed by atoms with Crippen LogP contribution < -0.4 is 0 Å². The number of rotatable bonds is 3. The van der Waals surface area contributed by atoms with Gasteiger partial charge in [-0.2, -0.15) is 10.2 Å². The summed E-state index contributed by atoms with van der Waals surface area (Å²) in [5.74, 6) is 0.413. The van der Waals surface area contributed by atoms with Gasteiger partial charge in [0.05, 0.1) is 6.20 Å². The Morgan fingerprint density at radius 2 is 2.19 bits per heavy atom. The molecule has 0 bridgehead atoms. The number of benzene rings is 1. The molecule has 0 N–H and O–H groups in total. The van der Waals surface area contributed by atoms with E-state index in [1.54, 1.807) is 6.20 Å². The third kappa shape index (κ3) is 2.25. The lowest BCUT2D eigenvalue weighted by Crippen LogP contribution is -1.92. The predicted molar refractivity (Wildman–Crippen MR) is 59.6 cm³/mol. The minimum absolute atomic E-state index is 0.0306. The van der Waals surface area contributed by atoms with Crippen LogP contribution in [0.25, 0.3) is 10.8 Å². The van der Waals surface area contributed by atoms with Gasteiger partial charge in [-0.1, -0.05) is 24.3 Å². The molecule has 0 amide bonds. The molecule has 2 rings (SSSR count). The zero-order valence-corrected chi connectivity index (χ0v) is 8.79. The van der Waals surface area contributed by atoms with Gasteiger partial charge in [0.1, 0.15) is 6.54 Å². The highest BCUT2D eigenvalue weighted by Gasteiger charge is 2.00. The van der Waals surface area contributed by atoms with Crippen molar-refractivity contribution in [3.8, 4) is 0 Å². The molecule has 80 valence electrons. The maximum atomic E-state index is 10.7. The normalized spacial score (nSPS) is 11.1. The van der Waals surface area contributed by atoms with Gasteiger partial charge in [-0.25, -0.2) is 0 Å². The highest BCUT2D eigenvalue weighted by atomic mass is 16.1. The molecule has 1 aromatic heterocycles. The fourth-order valence-electron chi connectivity index (χ4n) is 1.29. The number of azo groups is 1. The van der Waals surface area contributed by atoms with Crippen molar-refractivity contribution in [3.63, 3.8) is 0 Å². The summed E-state index contributed by atoms with van der Waals surface area (Å²) in [6.45, 7) is 1.54. The van der Waals surface area contributed by atoms with Crippen molar-refractivity contribution >= 4 is 22.4 Å². The lowest BCUT2D eigenvalue weighted by Gasteiger charge is -1.97. The largest absolute Gasteiger partial charge is 0.298 e. The van der Waals surface area contributed by atoms with Crippen LogP contribution in [-0.4, -0.2) is 22.5 Å². The summed E-state index contributed by atoms with van der Waals surface area (Å²) in [6.07, 6.45) is 1.67. The first-order valence-corrected chi connectivity index (χ1v) is 4.85. The molecule has 0 spiro atoms. The number of carbonyl (C=O) groups excluding carboxylic acids is 1. The molecule has 5 heteroatoms. The third-order valence-corrected chi connectivity index (χ3v) is 2.01. The summed E-state index contributed by atoms with van der Waals surface area (Å²) in [4.78, 5) is 10.7. The zero-order valence-electron chi connectivity index (χ0n) is 8.79. The molecular formula is C11H10N4O. The predicted octanol–water partition coefficient (Wildman–Crippen LogP) is 2.30. The van der Waals surface area contributed by atoms with Gasteiger partial charge in [-0.15, -0.1) is 10.2 Å². The van der Waals surface area contributed by atoms with E-state index in [1.807, 2.05) is 24.3 Å². The van der Waals surface area contributed by atoms with Gasteiger partial charge in [0, 0.05) is 10.8 Å². The molecule has 16 heavy (non-hydrogen) atoms. The van der Waals surface area contributed by atoms with Crippen LogP contribution in [0.5, 0.6) is 0 Å². The number of hydrogen-bond donors (Lipinski definition) is 0. The summed E-state index contributed by atoms with van der Waals surface area (Å²) in [6, 6.07) is 7.63. The fraction of sp³-hybridized carbons (Fsp3) is 0.182. The molecule has 0 aliphatic heterocycles. The lowest BCUT2D eigenvalue weighted by molar-refractivity contribution is -0.115. The Labute approximate surface area is 92.2 Å². The van der Waals surface area contributed by atoms with Gasteiger partial charge >= 0.3 is 0 Å². The molecule has 2 aromatic rings. The quantitative estimate of drug-likeness (QED) is 0.736. The minimum Gasteiger partial charge on any atom is -0.298 e. The number of carbonyl (C=O) groups is 1. The van der Waals surface area contributed by atoms with Gasteiger partial charge in [-0.05, 0) is 6.92 Å². The van der Waals surface area contributed by atoms with Crippen molar-refractivity contribution in [2.75, 3.05) is 6.54 Å². The van der Waals surface area contributed by atoms with E-state index in [9.17, 15) is 4.79 Å². The fourth-order valence-corrected chi connectivity index (χ4v) is 1.29. The lowest BCUT2D eigenvalue weighted by atomic mass is 10.2. The number of Topliss-reactive ketones (excluding diaryl/α,β-unsaturated/α-hetero) is 1. The molecule has 1 heterocycles. The van der Waals surface area contributed by atoms with Crippen molar-refractivity contribution in [3.05, 3.63) is 30.5 Å². The van der Waals surface area contributed by atoms with Gasteiger partial charge in [0.15, 0.2) is 5.78 Å². The second kappa shape index (κ2) is 4.57. The number of hydrogen-bond acceptors (Lipinski definition) is 5. The SMILES string of the molecule is CC(=O)CN=Nc1nncc2ccccc12. The molecule has 1 aromatic carbocycles. The molecule has 0 radical (unpaired) electrons. The maximum Gasteiger partial charge on any atom is 0.203 e. The Morgan fingerprint density at radius 1 is 1.38 bits per heavy atom. The van der Waals surface area contributed by atoms with Crippen LogP contribution in [0.4, 0.5) is 5.82 Å². The molecule has 0 fully saturated rings. The number of fused-ring (bicyclic) bond motifs is 1. The van der Waals surface area contributed by atoms with Crippen LogP contribution in [0.2, 0.25) is 0 Å². The molecule has 0 aliphatic carbocycles. The molecule has 0 saturated heterocycles. The van der Waals surface area contributed by atoms with E-state index in [0.717, 1.165) is 10.8 Å². The molecule has 5 nitrogen and oxygen atoms in total. The maximum absolute atomic E-state index is 10.7. The first-order valence-electron chi connectivity index (χ1n) is 4.85. The molecule has 0 unspecified atom stereocenters. The monoisotopic (exact) mass is 214 g/mol. The van der Waals surface area contributed by atoms with Gasteiger partial charge < -0.3 is 0 Å². The highest BCUT2D eigenvalue weighted by molar-refractivity contribution is 5.89. The molecule has 0 saturated carbocycles. The average molecular weight is 214 g/mol. The van der Waals surface area contributed by atoms with E-state index in [0.29, 0.717) is 5.82 Å². The van der Waals surface area contributed by atoms with Crippen molar-refractivity contribution in [2.24, 2.45) is 10.2 Å². The van der Waals surface area contributed by atoms with Crippen molar-refractivity contribution in [1.82, 2.24) is 10.2 Å². The summed E-state index contributed by atoms with van der Waals surface area (Å²) in [7, 11) is 0. The Morgan fingerprint density at radius 3 is 3.00 bits per heavy atom. The minimum atomic E-state index is -0.0306. The summed E-state index contributed by atoms with van der Waals surface area (Å²) in [5.41, 5.74) is 0.